The van der Waals surface area contributed by atoms with Crippen LogP contribution < -0.4 is 5.32 Å². The predicted molar refractivity (Wildman–Crippen MR) is 100 cm³/mol. The number of anilines is 1. The highest BCUT2D eigenvalue weighted by molar-refractivity contribution is 5.70. The Morgan fingerprint density at radius 3 is 2.27 bits per heavy atom. The van der Waals surface area contributed by atoms with Crippen LogP contribution >= 0.6 is 0 Å². The van der Waals surface area contributed by atoms with Gasteiger partial charge in [0.25, 0.3) is 0 Å². The van der Waals surface area contributed by atoms with Crippen molar-refractivity contribution in [1.29, 1.82) is 0 Å². The van der Waals surface area contributed by atoms with E-state index in [1.54, 1.807) is 0 Å². The zero-order valence-electron chi connectivity index (χ0n) is 14.9. The molecule has 7 nitrogen and oxygen atoms in total. The number of azo groups is 1. The third-order valence-corrected chi connectivity index (χ3v) is 4.20. The van der Waals surface area contributed by atoms with E-state index in [-0.39, 0.29) is 6.54 Å². The third-order valence-electron chi connectivity index (χ3n) is 4.20. The fourth-order valence-electron chi connectivity index (χ4n) is 2.37. The van der Waals surface area contributed by atoms with Crippen molar-refractivity contribution in [3.63, 3.8) is 0 Å². The molecule has 0 bridgehead atoms. The number of hydrogen-bond acceptors (Lipinski definition) is 7. The van der Waals surface area contributed by atoms with Gasteiger partial charge in [-0.2, -0.15) is 5.11 Å². The van der Waals surface area contributed by atoms with E-state index in [1.807, 2.05) is 56.3 Å². The quantitative estimate of drug-likeness (QED) is 0.463. The topological polar surface area (TPSA) is 118 Å². The molecule has 3 atom stereocenters. The summed E-state index contributed by atoms with van der Waals surface area (Å²) in [5.41, 5.74) is 4.01. The Morgan fingerprint density at radius 2 is 1.62 bits per heavy atom. The summed E-state index contributed by atoms with van der Waals surface area (Å²) in [7, 11) is 0. The van der Waals surface area contributed by atoms with E-state index in [1.165, 1.54) is 0 Å². The molecule has 2 rings (SSSR count). The van der Waals surface area contributed by atoms with E-state index in [0.717, 1.165) is 16.8 Å². The van der Waals surface area contributed by atoms with E-state index in [2.05, 4.69) is 15.5 Å². The van der Waals surface area contributed by atoms with Crippen LogP contribution in [0.15, 0.2) is 52.7 Å². The van der Waals surface area contributed by atoms with Gasteiger partial charge in [-0.1, -0.05) is 24.3 Å². The largest absolute Gasteiger partial charge is 0.394 e. The average molecular weight is 359 g/mol. The lowest BCUT2D eigenvalue weighted by Crippen LogP contribution is -2.42. The normalized spacial score (nSPS) is 15.0. The molecule has 5 N–H and O–H groups in total. The van der Waals surface area contributed by atoms with Crippen LogP contribution in [0.3, 0.4) is 0 Å². The van der Waals surface area contributed by atoms with Crippen molar-refractivity contribution >= 4 is 17.1 Å². The molecular weight excluding hydrogens is 334 g/mol. The van der Waals surface area contributed by atoms with Crippen LogP contribution in [0.2, 0.25) is 0 Å². The van der Waals surface area contributed by atoms with E-state index in [9.17, 15) is 15.3 Å². The lowest BCUT2D eigenvalue weighted by Gasteiger charge is -2.22. The molecule has 0 aliphatic carbocycles. The van der Waals surface area contributed by atoms with E-state index in [0.29, 0.717) is 11.4 Å². The molecule has 2 aromatic rings. The SMILES string of the molecule is Cc1ccc(NC[C@H](O)[C@@H](O)[C@H](O)CO)c(N=Nc2ccccc2)c1C. The number of benzene rings is 2. The number of nitrogens with one attached hydrogen (secondary N) is 1. The van der Waals surface area contributed by atoms with Gasteiger partial charge in [0.1, 0.15) is 17.9 Å². The van der Waals surface area contributed by atoms with Gasteiger partial charge >= 0.3 is 0 Å². The van der Waals surface area contributed by atoms with Crippen molar-refractivity contribution in [2.75, 3.05) is 18.5 Å². The first-order valence-corrected chi connectivity index (χ1v) is 8.40. The van der Waals surface area contributed by atoms with Crippen LogP contribution in [-0.4, -0.2) is 51.9 Å². The van der Waals surface area contributed by atoms with E-state index < -0.39 is 24.9 Å². The first-order valence-electron chi connectivity index (χ1n) is 8.40. The summed E-state index contributed by atoms with van der Waals surface area (Å²) in [6.07, 6.45) is -4.10. The van der Waals surface area contributed by atoms with Gasteiger partial charge in [-0.25, -0.2) is 0 Å². The maximum absolute atomic E-state index is 9.97. The maximum atomic E-state index is 9.97. The van der Waals surface area contributed by atoms with E-state index >= 15 is 0 Å². The van der Waals surface area contributed by atoms with Gasteiger partial charge in [-0.3, -0.25) is 0 Å². The molecule has 0 heterocycles. The number of aliphatic hydroxyl groups is 4. The number of hydrogen-bond donors (Lipinski definition) is 5. The van der Waals surface area contributed by atoms with Crippen LogP contribution in [0.4, 0.5) is 17.1 Å². The fourth-order valence-corrected chi connectivity index (χ4v) is 2.37. The highest BCUT2D eigenvalue weighted by Crippen LogP contribution is 2.32. The van der Waals surface area contributed by atoms with Crippen molar-refractivity contribution in [3.8, 4) is 0 Å². The molecule has 0 aromatic heterocycles. The molecule has 7 heteroatoms. The first kappa shape index (κ1) is 20.0. The Bertz CT molecular complexity index is 737. The molecule has 0 radical (unpaired) electrons. The Morgan fingerprint density at radius 1 is 0.923 bits per heavy atom. The molecule has 0 fully saturated rings. The molecule has 0 saturated heterocycles. The molecular formula is C19H25N3O4. The van der Waals surface area contributed by atoms with Crippen molar-refractivity contribution < 1.29 is 20.4 Å². The average Bonchev–Trinajstić information content (AvgIpc) is 2.67. The summed E-state index contributed by atoms with van der Waals surface area (Å²) in [5.74, 6) is 0. The molecule has 0 spiro atoms. The Hall–Kier alpha value is -2.32. The molecule has 26 heavy (non-hydrogen) atoms. The molecule has 0 aliphatic heterocycles. The lowest BCUT2D eigenvalue weighted by atomic mass is 10.1. The van der Waals surface area contributed by atoms with Crippen LogP contribution in [-0.2, 0) is 0 Å². The van der Waals surface area contributed by atoms with Crippen LogP contribution in [0.5, 0.6) is 0 Å². The van der Waals surface area contributed by atoms with Gasteiger partial charge in [-0.15, -0.1) is 5.11 Å². The maximum Gasteiger partial charge on any atom is 0.112 e. The van der Waals surface area contributed by atoms with Gasteiger partial charge in [0.05, 0.1) is 24.1 Å². The minimum atomic E-state index is -1.45. The molecule has 2 aromatic carbocycles. The summed E-state index contributed by atoms with van der Waals surface area (Å²) < 4.78 is 0. The summed E-state index contributed by atoms with van der Waals surface area (Å²) in [6.45, 7) is 3.25. The molecule has 0 unspecified atom stereocenters. The van der Waals surface area contributed by atoms with Crippen molar-refractivity contribution in [2.24, 2.45) is 10.2 Å². The van der Waals surface area contributed by atoms with Crippen LogP contribution in [0, 0.1) is 13.8 Å². The van der Waals surface area contributed by atoms with Crippen molar-refractivity contribution in [1.82, 2.24) is 0 Å². The summed E-state index contributed by atoms with van der Waals surface area (Å²) in [4.78, 5) is 0. The second-order valence-corrected chi connectivity index (χ2v) is 6.13. The molecule has 140 valence electrons. The van der Waals surface area contributed by atoms with Gasteiger partial charge in [0.2, 0.25) is 0 Å². The molecule has 0 saturated carbocycles. The van der Waals surface area contributed by atoms with Gasteiger partial charge in [-0.05, 0) is 43.2 Å². The molecule has 0 amide bonds. The summed E-state index contributed by atoms with van der Waals surface area (Å²) >= 11 is 0. The second-order valence-electron chi connectivity index (χ2n) is 6.13. The number of aryl methyl sites for hydroxylation is 1. The highest BCUT2D eigenvalue weighted by Gasteiger charge is 2.24. The zero-order valence-corrected chi connectivity index (χ0v) is 14.9. The Balaban J connectivity index is 2.18. The minimum Gasteiger partial charge on any atom is -0.394 e. The Kier molecular flexibility index (Phi) is 7.23. The van der Waals surface area contributed by atoms with E-state index in [4.69, 9.17) is 5.11 Å². The highest BCUT2D eigenvalue weighted by atomic mass is 16.4. The zero-order chi connectivity index (χ0) is 19.1. The number of aliphatic hydroxyl groups excluding tert-OH is 4. The Labute approximate surface area is 152 Å². The van der Waals surface area contributed by atoms with Crippen LogP contribution in [0.25, 0.3) is 0 Å². The monoisotopic (exact) mass is 359 g/mol. The number of rotatable bonds is 8. The molecule has 0 aliphatic rings. The second kappa shape index (κ2) is 9.40. The third kappa shape index (κ3) is 5.09. The summed E-state index contributed by atoms with van der Waals surface area (Å²) in [5, 5.41) is 49.6. The first-order chi connectivity index (χ1) is 12.4. The van der Waals surface area contributed by atoms with Gasteiger partial charge in [0, 0.05) is 6.54 Å². The van der Waals surface area contributed by atoms with Crippen molar-refractivity contribution in [2.45, 2.75) is 32.2 Å². The standard InChI is InChI=1S/C19H25N3O4/c1-12-8-9-15(20-10-16(24)19(26)17(25)11-23)18(13(12)2)22-21-14-6-4-3-5-7-14/h3-9,16-17,19-20,23-26H,10-11H2,1-2H3/t16-,17+,19+/m0/s1. The lowest BCUT2D eigenvalue weighted by molar-refractivity contribution is -0.0715. The van der Waals surface area contributed by atoms with Gasteiger partial charge in [0.15, 0.2) is 0 Å². The van der Waals surface area contributed by atoms with Crippen LogP contribution in [0.1, 0.15) is 11.1 Å². The predicted octanol–water partition coefficient (Wildman–Crippen LogP) is 2.21. The minimum absolute atomic E-state index is 0.0193. The fraction of sp³-hybridized carbons (Fsp3) is 0.368. The van der Waals surface area contributed by atoms with Gasteiger partial charge < -0.3 is 25.7 Å². The number of nitrogens with zero attached hydrogens (tertiary/aromatic N) is 2. The van der Waals surface area contributed by atoms with Crippen molar-refractivity contribution in [3.05, 3.63) is 53.6 Å². The smallest absolute Gasteiger partial charge is 0.112 e. The summed E-state index contributed by atoms with van der Waals surface area (Å²) in [6, 6.07) is 13.1.